The van der Waals surface area contributed by atoms with Crippen LogP contribution in [0.4, 0.5) is 0 Å². The first-order chi connectivity index (χ1) is 8.47. The van der Waals surface area contributed by atoms with Gasteiger partial charge in [0.25, 0.3) is 0 Å². The van der Waals surface area contributed by atoms with E-state index in [9.17, 15) is 4.79 Å². The molecule has 0 atom stereocenters. The van der Waals surface area contributed by atoms with E-state index in [4.69, 9.17) is 0 Å². The van der Waals surface area contributed by atoms with Crippen LogP contribution in [0.3, 0.4) is 0 Å². The first-order valence-corrected chi connectivity index (χ1v) is 6.41. The Balaban J connectivity index is 2.65. The monoisotopic (exact) mass is 248 g/mol. The van der Waals surface area contributed by atoms with Gasteiger partial charge in [0.2, 0.25) is 5.91 Å². The summed E-state index contributed by atoms with van der Waals surface area (Å²) in [6, 6.07) is 10.2. The summed E-state index contributed by atoms with van der Waals surface area (Å²) in [5.41, 5.74) is 0.849. The Morgan fingerprint density at radius 1 is 1.28 bits per heavy atom. The Labute approximate surface area is 110 Å². The summed E-state index contributed by atoms with van der Waals surface area (Å²) in [4.78, 5) is 14.2. The van der Waals surface area contributed by atoms with Crippen LogP contribution in [0.25, 0.3) is 0 Å². The summed E-state index contributed by atoms with van der Waals surface area (Å²) in [6.07, 6.45) is 0.774. The number of carbonyl (C=O) groups is 1. The van der Waals surface area contributed by atoms with E-state index in [0.717, 1.165) is 19.5 Å². The number of likely N-dealkylation sites (N-methyl/N-ethyl adjacent to an activating group) is 2. The van der Waals surface area contributed by atoms with E-state index in [1.165, 1.54) is 5.56 Å². The summed E-state index contributed by atoms with van der Waals surface area (Å²) in [5, 5.41) is 3.06. The van der Waals surface area contributed by atoms with E-state index < -0.39 is 0 Å². The van der Waals surface area contributed by atoms with E-state index in [0.29, 0.717) is 0 Å². The summed E-state index contributed by atoms with van der Waals surface area (Å²) >= 11 is 0. The second-order valence-electron chi connectivity index (χ2n) is 5.38. The van der Waals surface area contributed by atoms with Gasteiger partial charge in [0, 0.05) is 25.6 Å². The molecule has 3 heteroatoms. The fourth-order valence-corrected chi connectivity index (χ4v) is 2.08. The molecule has 0 aromatic heterocycles. The first kappa shape index (κ1) is 14.7. The van der Waals surface area contributed by atoms with Gasteiger partial charge in [-0.1, -0.05) is 44.2 Å². The predicted molar refractivity (Wildman–Crippen MR) is 75.5 cm³/mol. The van der Waals surface area contributed by atoms with E-state index >= 15 is 0 Å². The Kier molecular flexibility index (Phi) is 5.35. The molecule has 0 spiro atoms. The molecule has 0 saturated carbocycles. The molecule has 18 heavy (non-hydrogen) atoms. The van der Waals surface area contributed by atoms with Gasteiger partial charge < -0.3 is 10.2 Å². The molecule has 0 aliphatic carbocycles. The van der Waals surface area contributed by atoms with Gasteiger partial charge in [-0.2, -0.15) is 0 Å². The molecule has 0 saturated heterocycles. The quantitative estimate of drug-likeness (QED) is 0.834. The molecule has 1 N–H and O–H groups in total. The third-order valence-electron chi connectivity index (χ3n) is 3.11. The molecule has 0 unspecified atom stereocenters. The fraction of sp³-hybridized carbons (Fsp3) is 0.533. The minimum atomic E-state index is -0.357. The molecule has 0 heterocycles. The van der Waals surface area contributed by atoms with Crippen molar-refractivity contribution in [2.24, 2.45) is 5.41 Å². The maximum absolute atomic E-state index is 12.4. The molecule has 100 valence electrons. The second-order valence-corrected chi connectivity index (χ2v) is 5.38. The molecule has 0 fully saturated rings. The molecule has 1 aromatic carbocycles. The van der Waals surface area contributed by atoms with Gasteiger partial charge in [0.1, 0.15) is 0 Å². The van der Waals surface area contributed by atoms with E-state index in [1.807, 2.05) is 46.1 Å². The van der Waals surface area contributed by atoms with Crippen LogP contribution in [-0.2, 0) is 11.2 Å². The van der Waals surface area contributed by atoms with E-state index in [2.05, 4.69) is 17.4 Å². The van der Waals surface area contributed by atoms with Crippen LogP contribution in [-0.4, -0.2) is 38.0 Å². The smallest absolute Gasteiger partial charge is 0.228 e. The van der Waals surface area contributed by atoms with Gasteiger partial charge in [-0.25, -0.2) is 0 Å². The molecule has 0 radical (unpaired) electrons. The zero-order chi connectivity index (χ0) is 13.6. The molecule has 1 rings (SSSR count). The molecule has 1 amide bonds. The van der Waals surface area contributed by atoms with Crippen molar-refractivity contribution >= 4 is 5.91 Å². The predicted octanol–water partition coefficient (Wildman–Crippen LogP) is 1.93. The standard InChI is InChI=1S/C15H24N2O/c1-15(2,12-13-8-6-5-7-9-13)14(18)17(4)11-10-16-3/h5-9,16H,10-12H2,1-4H3. The van der Waals surface area contributed by atoms with Gasteiger partial charge >= 0.3 is 0 Å². The summed E-state index contributed by atoms with van der Waals surface area (Å²) in [7, 11) is 3.76. The lowest BCUT2D eigenvalue weighted by Crippen LogP contribution is -2.42. The van der Waals surface area contributed by atoms with Gasteiger partial charge in [-0.3, -0.25) is 4.79 Å². The number of amides is 1. The first-order valence-electron chi connectivity index (χ1n) is 6.41. The van der Waals surface area contributed by atoms with Crippen molar-refractivity contribution in [1.29, 1.82) is 0 Å². The Bertz CT molecular complexity index is 373. The largest absolute Gasteiger partial charge is 0.344 e. The van der Waals surface area contributed by atoms with E-state index in [1.54, 1.807) is 4.90 Å². The minimum absolute atomic E-state index is 0.196. The molecule has 3 nitrogen and oxygen atoms in total. The highest BCUT2D eigenvalue weighted by molar-refractivity contribution is 5.82. The van der Waals surface area contributed by atoms with Crippen LogP contribution in [0, 0.1) is 5.41 Å². The van der Waals surface area contributed by atoms with Gasteiger partial charge in [-0.15, -0.1) is 0 Å². The molecular weight excluding hydrogens is 224 g/mol. The van der Waals surface area contributed by atoms with Gasteiger partial charge in [0.05, 0.1) is 0 Å². The molecular formula is C15H24N2O. The Hall–Kier alpha value is -1.35. The summed E-state index contributed by atoms with van der Waals surface area (Å²) in [6.45, 7) is 5.59. The topological polar surface area (TPSA) is 32.3 Å². The Morgan fingerprint density at radius 3 is 2.44 bits per heavy atom. The normalized spacial score (nSPS) is 11.3. The lowest BCUT2D eigenvalue weighted by molar-refractivity contribution is -0.138. The van der Waals surface area contributed by atoms with E-state index in [-0.39, 0.29) is 11.3 Å². The average molecular weight is 248 g/mol. The summed E-state index contributed by atoms with van der Waals surface area (Å²) in [5.74, 6) is 0.196. The Morgan fingerprint density at radius 2 is 1.89 bits per heavy atom. The van der Waals surface area contributed by atoms with Crippen molar-refractivity contribution in [3.05, 3.63) is 35.9 Å². The van der Waals surface area contributed by atoms with Crippen LogP contribution >= 0.6 is 0 Å². The highest BCUT2D eigenvalue weighted by atomic mass is 16.2. The van der Waals surface area contributed by atoms with Crippen LogP contribution in [0.2, 0.25) is 0 Å². The molecule has 0 aliphatic heterocycles. The van der Waals surface area contributed by atoms with Crippen LogP contribution in [0.1, 0.15) is 19.4 Å². The third kappa shape index (κ3) is 4.15. The number of hydrogen-bond acceptors (Lipinski definition) is 2. The van der Waals surface area contributed by atoms with Crippen LogP contribution in [0.15, 0.2) is 30.3 Å². The van der Waals surface area contributed by atoms with Crippen molar-refractivity contribution in [2.75, 3.05) is 27.2 Å². The lowest BCUT2D eigenvalue weighted by Gasteiger charge is -2.29. The van der Waals surface area contributed by atoms with Crippen molar-refractivity contribution < 1.29 is 4.79 Å². The fourth-order valence-electron chi connectivity index (χ4n) is 2.08. The molecule has 1 aromatic rings. The highest BCUT2D eigenvalue weighted by Crippen LogP contribution is 2.24. The number of benzene rings is 1. The van der Waals surface area contributed by atoms with Crippen molar-refractivity contribution in [2.45, 2.75) is 20.3 Å². The average Bonchev–Trinajstić information content (AvgIpc) is 2.35. The lowest BCUT2D eigenvalue weighted by atomic mass is 9.84. The van der Waals surface area contributed by atoms with Crippen molar-refractivity contribution in [3.63, 3.8) is 0 Å². The minimum Gasteiger partial charge on any atom is -0.344 e. The van der Waals surface area contributed by atoms with Crippen molar-refractivity contribution in [1.82, 2.24) is 10.2 Å². The zero-order valence-corrected chi connectivity index (χ0v) is 11.9. The van der Waals surface area contributed by atoms with Crippen LogP contribution < -0.4 is 5.32 Å². The summed E-state index contributed by atoms with van der Waals surface area (Å²) < 4.78 is 0. The number of hydrogen-bond donors (Lipinski definition) is 1. The highest BCUT2D eigenvalue weighted by Gasteiger charge is 2.30. The van der Waals surface area contributed by atoms with Crippen molar-refractivity contribution in [3.8, 4) is 0 Å². The third-order valence-corrected chi connectivity index (χ3v) is 3.11. The molecule has 0 bridgehead atoms. The number of nitrogens with one attached hydrogen (secondary N) is 1. The maximum atomic E-state index is 12.4. The number of carbonyl (C=O) groups excluding carboxylic acids is 1. The maximum Gasteiger partial charge on any atom is 0.228 e. The van der Waals surface area contributed by atoms with Crippen LogP contribution in [0.5, 0.6) is 0 Å². The number of rotatable bonds is 6. The molecule has 0 aliphatic rings. The number of nitrogens with zero attached hydrogens (tertiary/aromatic N) is 1. The zero-order valence-electron chi connectivity index (χ0n) is 11.9. The second kappa shape index (κ2) is 6.55. The van der Waals surface area contributed by atoms with Gasteiger partial charge in [-0.05, 0) is 19.0 Å². The van der Waals surface area contributed by atoms with Gasteiger partial charge in [0.15, 0.2) is 0 Å². The SMILES string of the molecule is CNCCN(C)C(=O)C(C)(C)Cc1ccccc1.